The molecule has 66 valence electrons. The Morgan fingerprint density at radius 3 is 2.92 bits per heavy atom. The Hall–Kier alpha value is 0.190. The topological polar surface area (TPSA) is 38.0 Å². The Kier molecular flexibility index (Phi) is 4.31. The Morgan fingerprint density at radius 1 is 1.50 bits per heavy atom. The fourth-order valence-electron chi connectivity index (χ4n) is 0.840. The summed E-state index contributed by atoms with van der Waals surface area (Å²) in [5, 5.41) is 3.24. The van der Waals surface area contributed by atoms with Gasteiger partial charge in [0.25, 0.3) is 0 Å². The minimum absolute atomic E-state index is 0.655. The van der Waals surface area contributed by atoms with E-state index in [2.05, 4.69) is 56.0 Å². The number of hydrogen-bond acceptors (Lipinski definition) is 2. The lowest BCUT2D eigenvalue weighted by atomic mass is 10.3. The van der Waals surface area contributed by atoms with Crippen molar-refractivity contribution in [1.29, 1.82) is 0 Å². The zero-order chi connectivity index (χ0) is 8.97. The van der Waals surface area contributed by atoms with Crippen LogP contribution in [0.3, 0.4) is 0 Å². The van der Waals surface area contributed by atoms with Gasteiger partial charge in [0.05, 0.1) is 0 Å². The molecule has 0 unspecified atom stereocenters. The van der Waals surface area contributed by atoms with Gasteiger partial charge in [-0.25, -0.2) is 0 Å². The van der Waals surface area contributed by atoms with Crippen LogP contribution in [0.5, 0.6) is 0 Å². The fourth-order valence-corrected chi connectivity index (χ4v) is 1.73. The minimum atomic E-state index is 0.655. The predicted octanol–water partition coefficient (Wildman–Crippen LogP) is 2.42. The molecule has 0 saturated carbocycles. The molecule has 0 atom stereocenters. The van der Waals surface area contributed by atoms with E-state index in [-0.39, 0.29) is 0 Å². The van der Waals surface area contributed by atoms with Crippen molar-refractivity contribution in [2.24, 2.45) is 5.73 Å². The van der Waals surface area contributed by atoms with E-state index in [4.69, 9.17) is 5.73 Å². The maximum atomic E-state index is 5.39. The number of rotatable bonds is 3. The molecule has 0 spiro atoms. The number of hydrogen-bond donors (Lipinski definition) is 2. The largest absolute Gasteiger partial charge is 0.383 e. The van der Waals surface area contributed by atoms with Crippen molar-refractivity contribution in [2.75, 3.05) is 18.4 Å². The van der Waals surface area contributed by atoms with Crippen molar-refractivity contribution in [3.63, 3.8) is 0 Å². The standard InChI is InChI=1S/C8H10BrIN2/c9-6-1-2-7(10)8(5-6)12-4-3-11/h1-2,5,12H,3-4,11H2. The maximum absolute atomic E-state index is 5.39. The average molecular weight is 341 g/mol. The van der Waals surface area contributed by atoms with E-state index in [0.717, 1.165) is 16.7 Å². The van der Waals surface area contributed by atoms with Crippen molar-refractivity contribution in [3.8, 4) is 0 Å². The highest BCUT2D eigenvalue weighted by Crippen LogP contribution is 2.22. The summed E-state index contributed by atoms with van der Waals surface area (Å²) in [7, 11) is 0. The number of benzene rings is 1. The van der Waals surface area contributed by atoms with Crippen LogP contribution in [0, 0.1) is 3.57 Å². The second-order valence-corrected chi connectivity index (χ2v) is 4.42. The first-order valence-corrected chi connectivity index (χ1v) is 5.50. The molecule has 0 amide bonds. The summed E-state index contributed by atoms with van der Waals surface area (Å²) < 4.78 is 2.30. The molecule has 0 bridgehead atoms. The van der Waals surface area contributed by atoms with E-state index in [1.165, 1.54) is 3.57 Å². The fraction of sp³-hybridized carbons (Fsp3) is 0.250. The third kappa shape index (κ3) is 2.91. The van der Waals surface area contributed by atoms with Gasteiger partial charge in [-0.15, -0.1) is 0 Å². The number of halogens is 2. The highest BCUT2D eigenvalue weighted by molar-refractivity contribution is 14.1. The normalized spacial score (nSPS) is 9.92. The zero-order valence-electron chi connectivity index (χ0n) is 6.48. The van der Waals surface area contributed by atoms with Crippen LogP contribution in [0.4, 0.5) is 5.69 Å². The highest BCUT2D eigenvalue weighted by atomic mass is 127. The lowest BCUT2D eigenvalue weighted by Gasteiger charge is -2.07. The van der Waals surface area contributed by atoms with Crippen LogP contribution in [0.2, 0.25) is 0 Å². The summed E-state index contributed by atoms with van der Waals surface area (Å²) in [6, 6.07) is 6.14. The lowest BCUT2D eigenvalue weighted by Crippen LogP contribution is -2.13. The maximum Gasteiger partial charge on any atom is 0.0487 e. The lowest BCUT2D eigenvalue weighted by molar-refractivity contribution is 1.02. The number of anilines is 1. The van der Waals surface area contributed by atoms with E-state index in [9.17, 15) is 0 Å². The Labute approximate surface area is 94.2 Å². The van der Waals surface area contributed by atoms with E-state index in [1.807, 2.05) is 6.07 Å². The smallest absolute Gasteiger partial charge is 0.0487 e. The summed E-state index contributed by atoms with van der Waals surface area (Å²) in [6.07, 6.45) is 0. The molecule has 0 aromatic heterocycles. The molecular weight excluding hydrogens is 331 g/mol. The highest BCUT2D eigenvalue weighted by Gasteiger charge is 1.97. The average Bonchev–Trinajstić information content (AvgIpc) is 2.07. The second kappa shape index (κ2) is 5.04. The van der Waals surface area contributed by atoms with Crippen molar-refractivity contribution in [1.82, 2.24) is 0 Å². The first kappa shape index (κ1) is 10.3. The summed E-state index contributed by atoms with van der Waals surface area (Å²) in [5.41, 5.74) is 6.52. The second-order valence-electron chi connectivity index (χ2n) is 2.34. The van der Waals surface area contributed by atoms with Crippen LogP contribution in [-0.2, 0) is 0 Å². The number of nitrogens with two attached hydrogens (primary N) is 1. The molecule has 0 aliphatic carbocycles. The van der Waals surface area contributed by atoms with Gasteiger partial charge in [0, 0.05) is 26.8 Å². The van der Waals surface area contributed by atoms with E-state index < -0.39 is 0 Å². The van der Waals surface area contributed by atoms with Crippen molar-refractivity contribution in [3.05, 3.63) is 26.2 Å². The van der Waals surface area contributed by atoms with Crippen LogP contribution in [-0.4, -0.2) is 13.1 Å². The number of nitrogens with one attached hydrogen (secondary N) is 1. The molecule has 4 heteroatoms. The third-order valence-corrected chi connectivity index (χ3v) is 2.82. The Balaban J connectivity index is 2.75. The van der Waals surface area contributed by atoms with Gasteiger partial charge in [-0.1, -0.05) is 15.9 Å². The zero-order valence-corrected chi connectivity index (χ0v) is 10.2. The van der Waals surface area contributed by atoms with E-state index >= 15 is 0 Å². The minimum Gasteiger partial charge on any atom is -0.383 e. The summed E-state index contributed by atoms with van der Waals surface area (Å²) in [4.78, 5) is 0. The monoisotopic (exact) mass is 340 g/mol. The van der Waals surface area contributed by atoms with Crippen LogP contribution in [0.25, 0.3) is 0 Å². The molecule has 1 aromatic carbocycles. The van der Waals surface area contributed by atoms with Gasteiger partial charge in [0.1, 0.15) is 0 Å². The van der Waals surface area contributed by atoms with E-state index in [1.54, 1.807) is 0 Å². The van der Waals surface area contributed by atoms with Gasteiger partial charge in [-0.2, -0.15) is 0 Å². The summed E-state index contributed by atoms with van der Waals surface area (Å²) in [6.45, 7) is 1.47. The van der Waals surface area contributed by atoms with Gasteiger partial charge in [-0.05, 0) is 40.8 Å². The molecule has 0 aliphatic heterocycles. The van der Waals surface area contributed by atoms with Crippen LogP contribution in [0.1, 0.15) is 0 Å². The predicted molar refractivity (Wildman–Crippen MR) is 64.4 cm³/mol. The SMILES string of the molecule is NCCNc1cc(Br)ccc1I. The molecule has 0 heterocycles. The molecular formula is C8H10BrIN2. The van der Waals surface area contributed by atoms with Gasteiger partial charge >= 0.3 is 0 Å². The quantitative estimate of drug-likeness (QED) is 0.829. The molecule has 3 N–H and O–H groups in total. The first-order chi connectivity index (χ1) is 5.74. The van der Waals surface area contributed by atoms with E-state index in [0.29, 0.717) is 6.54 Å². The van der Waals surface area contributed by atoms with Crippen LogP contribution >= 0.6 is 38.5 Å². The van der Waals surface area contributed by atoms with Gasteiger partial charge < -0.3 is 11.1 Å². The third-order valence-electron chi connectivity index (χ3n) is 1.39. The summed E-state index contributed by atoms with van der Waals surface area (Å²) in [5.74, 6) is 0. The van der Waals surface area contributed by atoms with Crippen LogP contribution < -0.4 is 11.1 Å². The molecule has 0 aliphatic rings. The van der Waals surface area contributed by atoms with Crippen molar-refractivity contribution >= 4 is 44.2 Å². The van der Waals surface area contributed by atoms with Gasteiger partial charge in [-0.3, -0.25) is 0 Å². The first-order valence-electron chi connectivity index (χ1n) is 3.63. The molecule has 0 fully saturated rings. The Bertz CT molecular complexity index is 265. The summed E-state index contributed by atoms with van der Waals surface area (Å²) >= 11 is 5.71. The van der Waals surface area contributed by atoms with Gasteiger partial charge in [0.2, 0.25) is 0 Å². The molecule has 0 radical (unpaired) electrons. The molecule has 2 nitrogen and oxygen atoms in total. The van der Waals surface area contributed by atoms with Gasteiger partial charge in [0.15, 0.2) is 0 Å². The molecule has 1 rings (SSSR count). The molecule has 0 saturated heterocycles. The van der Waals surface area contributed by atoms with Crippen molar-refractivity contribution < 1.29 is 0 Å². The van der Waals surface area contributed by atoms with Crippen LogP contribution in [0.15, 0.2) is 22.7 Å². The molecule has 1 aromatic rings. The van der Waals surface area contributed by atoms with Crippen molar-refractivity contribution in [2.45, 2.75) is 0 Å². The Morgan fingerprint density at radius 2 is 2.25 bits per heavy atom. The molecule has 12 heavy (non-hydrogen) atoms.